The van der Waals surface area contributed by atoms with Crippen molar-refractivity contribution in [1.29, 1.82) is 0 Å². The van der Waals surface area contributed by atoms with Crippen molar-refractivity contribution in [3.63, 3.8) is 0 Å². The zero-order valence-corrected chi connectivity index (χ0v) is 24.7. The van der Waals surface area contributed by atoms with E-state index in [-0.39, 0.29) is 24.9 Å². The minimum absolute atomic E-state index is 0.0126. The SMILES string of the molecule is Cc1cc(Cl)ccc1N(CC(=O)N(Cc1ccccc1Cl)C(Cc1ccccc1)C(=O)NC(C)C)S(C)(=O)=O. The van der Waals surface area contributed by atoms with Crippen LogP contribution in [0.15, 0.2) is 72.8 Å². The molecule has 0 bridgehead atoms. The Morgan fingerprint density at radius 3 is 2.18 bits per heavy atom. The second kappa shape index (κ2) is 13.3. The summed E-state index contributed by atoms with van der Waals surface area (Å²) in [6, 6.07) is 20.1. The van der Waals surface area contributed by atoms with Gasteiger partial charge in [0.2, 0.25) is 21.8 Å². The lowest BCUT2D eigenvalue weighted by Crippen LogP contribution is -2.54. The average Bonchev–Trinajstić information content (AvgIpc) is 2.85. The van der Waals surface area contributed by atoms with E-state index in [1.807, 2.05) is 44.2 Å². The van der Waals surface area contributed by atoms with E-state index in [4.69, 9.17) is 23.2 Å². The van der Waals surface area contributed by atoms with Crippen LogP contribution in [-0.2, 0) is 32.6 Å². The smallest absolute Gasteiger partial charge is 0.244 e. The Balaban J connectivity index is 2.08. The lowest BCUT2D eigenvalue weighted by atomic mass is 10.0. The second-order valence-electron chi connectivity index (χ2n) is 9.68. The van der Waals surface area contributed by atoms with E-state index in [1.165, 1.54) is 4.90 Å². The molecule has 0 saturated carbocycles. The minimum Gasteiger partial charge on any atom is -0.352 e. The van der Waals surface area contributed by atoms with Crippen LogP contribution in [0.3, 0.4) is 0 Å². The number of halogens is 2. The molecule has 0 aromatic heterocycles. The van der Waals surface area contributed by atoms with Crippen LogP contribution in [0.4, 0.5) is 5.69 Å². The van der Waals surface area contributed by atoms with Crippen LogP contribution >= 0.6 is 23.2 Å². The summed E-state index contributed by atoms with van der Waals surface area (Å²) in [5.41, 5.74) is 2.42. The number of hydrogen-bond donors (Lipinski definition) is 1. The molecule has 0 aliphatic heterocycles. The molecule has 0 spiro atoms. The zero-order valence-electron chi connectivity index (χ0n) is 22.4. The van der Waals surface area contributed by atoms with E-state index in [0.29, 0.717) is 26.9 Å². The summed E-state index contributed by atoms with van der Waals surface area (Å²) in [5, 5.41) is 3.80. The summed E-state index contributed by atoms with van der Waals surface area (Å²) in [5.74, 6) is -0.891. The molecule has 0 heterocycles. The predicted octanol–water partition coefficient (Wildman–Crippen LogP) is 5.23. The quantitative estimate of drug-likeness (QED) is 0.331. The fourth-order valence-electron chi connectivity index (χ4n) is 4.24. The van der Waals surface area contributed by atoms with Crippen molar-refractivity contribution in [3.8, 4) is 0 Å². The lowest BCUT2D eigenvalue weighted by Gasteiger charge is -2.34. The Kier molecular flexibility index (Phi) is 10.4. The van der Waals surface area contributed by atoms with Gasteiger partial charge in [0.25, 0.3) is 0 Å². The molecule has 3 aromatic rings. The summed E-state index contributed by atoms with van der Waals surface area (Å²) in [7, 11) is -3.87. The molecule has 1 N–H and O–H groups in total. The third-order valence-corrected chi connectivity index (χ3v) is 7.84. The van der Waals surface area contributed by atoms with E-state index in [9.17, 15) is 18.0 Å². The first-order chi connectivity index (χ1) is 18.4. The number of carbonyl (C=O) groups excluding carboxylic acids is 2. The highest BCUT2D eigenvalue weighted by Crippen LogP contribution is 2.27. The monoisotopic (exact) mass is 589 g/mol. The van der Waals surface area contributed by atoms with Gasteiger partial charge in [-0.25, -0.2) is 8.42 Å². The first kappa shape index (κ1) is 30.5. The maximum atomic E-state index is 14.1. The van der Waals surface area contributed by atoms with Crippen molar-refractivity contribution in [2.24, 2.45) is 0 Å². The third-order valence-electron chi connectivity index (χ3n) is 6.11. The summed E-state index contributed by atoms with van der Waals surface area (Å²) in [6.45, 7) is 4.91. The number of rotatable bonds is 11. The fraction of sp³-hybridized carbons (Fsp3) is 0.310. The largest absolute Gasteiger partial charge is 0.352 e. The zero-order chi connectivity index (χ0) is 28.7. The van der Waals surface area contributed by atoms with Crippen molar-refractivity contribution in [1.82, 2.24) is 10.2 Å². The maximum Gasteiger partial charge on any atom is 0.244 e. The molecule has 0 aliphatic rings. The van der Waals surface area contributed by atoms with Gasteiger partial charge in [-0.3, -0.25) is 13.9 Å². The molecule has 208 valence electrons. The van der Waals surface area contributed by atoms with Gasteiger partial charge in [-0.05, 0) is 61.7 Å². The molecule has 0 fully saturated rings. The van der Waals surface area contributed by atoms with Gasteiger partial charge >= 0.3 is 0 Å². The van der Waals surface area contributed by atoms with Crippen LogP contribution in [0.2, 0.25) is 10.0 Å². The Morgan fingerprint density at radius 1 is 0.949 bits per heavy atom. The summed E-state index contributed by atoms with van der Waals surface area (Å²) < 4.78 is 26.8. The maximum absolute atomic E-state index is 14.1. The first-order valence-electron chi connectivity index (χ1n) is 12.5. The van der Waals surface area contributed by atoms with E-state index in [0.717, 1.165) is 16.1 Å². The second-order valence-corrected chi connectivity index (χ2v) is 12.4. The highest BCUT2D eigenvalue weighted by molar-refractivity contribution is 7.92. The lowest BCUT2D eigenvalue weighted by molar-refractivity contribution is -0.140. The number of anilines is 1. The predicted molar refractivity (Wildman–Crippen MR) is 158 cm³/mol. The Bertz CT molecular complexity index is 1420. The molecule has 7 nitrogen and oxygen atoms in total. The minimum atomic E-state index is -3.87. The topological polar surface area (TPSA) is 86.8 Å². The molecule has 2 amide bonds. The molecule has 1 unspecified atom stereocenters. The van der Waals surface area contributed by atoms with Crippen LogP contribution in [0, 0.1) is 6.92 Å². The van der Waals surface area contributed by atoms with Gasteiger partial charge in [-0.15, -0.1) is 0 Å². The number of sulfonamides is 1. The number of hydrogen-bond acceptors (Lipinski definition) is 4. The van der Waals surface area contributed by atoms with Crippen molar-refractivity contribution >= 4 is 50.7 Å². The Hall–Kier alpha value is -3.07. The number of aryl methyl sites for hydroxylation is 1. The Labute approximate surface area is 240 Å². The molecule has 0 aliphatic carbocycles. The fourth-order valence-corrected chi connectivity index (χ4v) is 5.57. The normalized spacial score (nSPS) is 12.2. The molecular formula is C29H33Cl2N3O4S. The number of carbonyl (C=O) groups is 2. The molecule has 10 heteroatoms. The van der Waals surface area contributed by atoms with Crippen molar-refractivity contribution in [2.75, 3.05) is 17.1 Å². The van der Waals surface area contributed by atoms with Crippen LogP contribution in [0.25, 0.3) is 0 Å². The van der Waals surface area contributed by atoms with Gasteiger partial charge in [0.15, 0.2) is 0 Å². The first-order valence-corrected chi connectivity index (χ1v) is 15.1. The van der Waals surface area contributed by atoms with Crippen LogP contribution in [-0.4, -0.2) is 50.0 Å². The standard InChI is InChI=1S/C29H33Cl2N3O4S/c1-20(2)32-29(36)27(17-22-10-6-5-7-11-22)33(18-23-12-8-9-13-25(23)31)28(35)19-34(39(4,37)38)26-15-14-24(30)16-21(26)3/h5-16,20,27H,17-19H2,1-4H3,(H,32,36). The van der Waals surface area contributed by atoms with Gasteiger partial charge in [-0.2, -0.15) is 0 Å². The van der Waals surface area contributed by atoms with E-state index in [2.05, 4.69) is 5.32 Å². The molecule has 0 saturated heterocycles. The number of amides is 2. The number of nitrogens with zero attached hydrogens (tertiary/aromatic N) is 2. The van der Waals surface area contributed by atoms with Crippen molar-refractivity contribution in [2.45, 2.75) is 45.8 Å². The van der Waals surface area contributed by atoms with Gasteiger partial charge in [0.05, 0.1) is 11.9 Å². The molecule has 3 aromatic carbocycles. The van der Waals surface area contributed by atoms with Gasteiger partial charge in [0.1, 0.15) is 12.6 Å². The summed E-state index contributed by atoms with van der Waals surface area (Å²) in [6.07, 6.45) is 1.27. The van der Waals surface area contributed by atoms with Crippen LogP contribution in [0.5, 0.6) is 0 Å². The highest BCUT2D eigenvalue weighted by atomic mass is 35.5. The molecule has 3 rings (SSSR count). The van der Waals surface area contributed by atoms with E-state index >= 15 is 0 Å². The Morgan fingerprint density at radius 2 is 1.59 bits per heavy atom. The van der Waals surface area contributed by atoms with Crippen LogP contribution in [0.1, 0.15) is 30.5 Å². The van der Waals surface area contributed by atoms with Gasteiger partial charge in [0, 0.05) is 29.1 Å². The summed E-state index contributed by atoms with van der Waals surface area (Å²) >= 11 is 12.5. The molecule has 39 heavy (non-hydrogen) atoms. The van der Waals surface area contributed by atoms with E-state index in [1.54, 1.807) is 49.4 Å². The highest BCUT2D eigenvalue weighted by Gasteiger charge is 2.33. The number of benzene rings is 3. The van der Waals surface area contributed by atoms with Crippen molar-refractivity contribution < 1.29 is 18.0 Å². The third kappa shape index (κ3) is 8.46. The van der Waals surface area contributed by atoms with Crippen molar-refractivity contribution in [3.05, 3.63) is 99.5 Å². The number of nitrogens with one attached hydrogen (secondary N) is 1. The van der Waals surface area contributed by atoms with Gasteiger partial charge in [-0.1, -0.05) is 71.7 Å². The van der Waals surface area contributed by atoms with E-state index < -0.39 is 28.5 Å². The van der Waals surface area contributed by atoms with Gasteiger partial charge < -0.3 is 10.2 Å². The van der Waals surface area contributed by atoms with Crippen LogP contribution < -0.4 is 9.62 Å². The molecule has 1 atom stereocenters. The molecular weight excluding hydrogens is 557 g/mol. The average molecular weight is 591 g/mol. The molecule has 0 radical (unpaired) electrons. The summed E-state index contributed by atoms with van der Waals surface area (Å²) in [4.78, 5) is 29.0.